The summed E-state index contributed by atoms with van der Waals surface area (Å²) in [6.45, 7) is 0. The molecule has 0 aliphatic carbocycles. The minimum atomic E-state index is -0.281. The summed E-state index contributed by atoms with van der Waals surface area (Å²) in [5.41, 5.74) is 1.93. The molecule has 4 heteroatoms. The van der Waals surface area contributed by atoms with Crippen molar-refractivity contribution in [3.05, 3.63) is 113 Å². The summed E-state index contributed by atoms with van der Waals surface area (Å²) in [4.78, 5) is 13.9. The van der Waals surface area contributed by atoms with Crippen molar-refractivity contribution in [3.8, 4) is 10.4 Å². The van der Waals surface area contributed by atoms with Crippen LogP contribution in [0.5, 0.6) is 0 Å². The molecule has 0 unspecified atom stereocenters. The fraction of sp³-hybridized carbons (Fsp3) is 0. The summed E-state index contributed by atoms with van der Waals surface area (Å²) < 4.78 is 12.8. The Morgan fingerprint density at radius 2 is 1.63 bits per heavy atom. The molecule has 0 N–H and O–H groups in total. The second-order valence-electron chi connectivity index (χ2n) is 5.55. The first-order valence-corrected chi connectivity index (χ1v) is 9.00. The molecule has 0 spiro atoms. The molecule has 1 nitrogen and oxygen atoms in total. The van der Waals surface area contributed by atoms with Gasteiger partial charge in [0.1, 0.15) is 5.82 Å². The summed E-state index contributed by atoms with van der Waals surface area (Å²) in [5, 5.41) is 0. The number of carbonyl (C=O) groups excluding carboxylic acids is 1. The first-order valence-electron chi connectivity index (χ1n) is 8.19. The summed E-state index contributed by atoms with van der Waals surface area (Å²) in [5.74, 6) is -0.321. The zero-order valence-electron chi connectivity index (χ0n) is 14.4. The van der Waals surface area contributed by atoms with E-state index in [2.05, 4.69) is 0 Å². The number of halogens is 1. The smallest absolute Gasteiger partial charge is 0.288 e. The van der Waals surface area contributed by atoms with Crippen molar-refractivity contribution in [2.75, 3.05) is 0 Å². The van der Waals surface area contributed by atoms with Crippen LogP contribution in [0.25, 0.3) is 16.5 Å². The van der Waals surface area contributed by atoms with Crippen LogP contribution in [0, 0.1) is 5.82 Å². The molecule has 4 rings (SSSR count). The van der Waals surface area contributed by atoms with E-state index >= 15 is 0 Å². The van der Waals surface area contributed by atoms with Gasteiger partial charge in [0.25, 0.3) is 0 Å². The van der Waals surface area contributed by atoms with E-state index in [1.165, 1.54) is 29.5 Å². The molecule has 0 saturated carbocycles. The Balaban J connectivity index is 0.000000379. The van der Waals surface area contributed by atoms with E-state index in [1.54, 1.807) is 18.2 Å². The van der Waals surface area contributed by atoms with E-state index in [0.717, 1.165) is 16.0 Å². The van der Waals surface area contributed by atoms with Gasteiger partial charge in [0.05, 0.1) is 4.88 Å². The SMILES string of the molecule is O=C(C=Cc1ccc(F)cc1)c1ccc(-[c-]2cccc2)s1.[Fe+2].c1cc[cH-]c1. The maximum Gasteiger partial charge on any atom is 2.00 e. The monoisotopic (exact) mass is 416 g/mol. The zero-order valence-corrected chi connectivity index (χ0v) is 16.3. The third-order valence-corrected chi connectivity index (χ3v) is 4.80. The third-order valence-electron chi connectivity index (χ3n) is 3.65. The van der Waals surface area contributed by atoms with E-state index in [-0.39, 0.29) is 28.7 Å². The number of allylic oxidation sites excluding steroid dienone is 1. The number of benzene rings is 1. The second kappa shape index (κ2) is 10.6. The zero-order chi connectivity index (χ0) is 18.2. The number of thiophene rings is 1. The van der Waals surface area contributed by atoms with Crippen LogP contribution in [-0.4, -0.2) is 5.78 Å². The van der Waals surface area contributed by atoms with Crippen LogP contribution in [0.4, 0.5) is 4.39 Å². The molecule has 0 fully saturated rings. The van der Waals surface area contributed by atoms with Gasteiger partial charge in [0.2, 0.25) is 0 Å². The Kier molecular flexibility index (Phi) is 8.15. The molecule has 1 aromatic heterocycles. The minimum absolute atomic E-state index is 0. The fourth-order valence-corrected chi connectivity index (χ4v) is 3.24. The molecule has 136 valence electrons. The molecule has 0 bridgehead atoms. The summed E-state index contributed by atoms with van der Waals surface area (Å²) in [6.07, 6.45) is 3.22. The van der Waals surface area contributed by atoms with Crippen molar-refractivity contribution >= 4 is 23.2 Å². The summed E-state index contributed by atoms with van der Waals surface area (Å²) >= 11 is 1.48. The van der Waals surface area contributed by atoms with E-state index in [1.807, 2.05) is 66.7 Å². The summed E-state index contributed by atoms with van der Waals surface area (Å²) in [7, 11) is 0. The molecule has 0 radical (unpaired) electrons. The maximum atomic E-state index is 12.8. The van der Waals surface area contributed by atoms with Gasteiger partial charge in [-0.25, -0.2) is 16.5 Å². The molecular formula is C23H17FFeOS. The first-order chi connectivity index (χ1) is 12.7. The van der Waals surface area contributed by atoms with Crippen LogP contribution in [0.2, 0.25) is 0 Å². The standard InChI is InChI=1S/C18H12FOS.C5H5.Fe/c19-15-8-5-13(6-9-15)7-10-16(20)18-12-11-17(21-18)14-3-1-2-4-14;1-2-4-5-3-1;/h1-12H;1-5H;/q2*-1;+2. The number of rotatable bonds is 4. The van der Waals surface area contributed by atoms with Crippen molar-refractivity contribution in [3.63, 3.8) is 0 Å². The van der Waals surface area contributed by atoms with E-state index in [4.69, 9.17) is 0 Å². The largest absolute Gasteiger partial charge is 2.00 e. The van der Waals surface area contributed by atoms with Crippen molar-refractivity contribution < 1.29 is 26.3 Å². The van der Waals surface area contributed by atoms with Crippen molar-refractivity contribution in [1.29, 1.82) is 0 Å². The molecule has 0 aliphatic heterocycles. The Morgan fingerprint density at radius 1 is 0.963 bits per heavy atom. The molecule has 0 atom stereocenters. The van der Waals surface area contributed by atoms with Gasteiger partial charge in [-0.3, -0.25) is 4.79 Å². The van der Waals surface area contributed by atoms with Gasteiger partial charge in [0.15, 0.2) is 5.78 Å². The van der Waals surface area contributed by atoms with Crippen LogP contribution in [0.3, 0.4) is 0 Å². The molecule has 1 heterocycles. The van der Waals surface area contributed by atoms with Gasteiger partial charge in [-0.05, 0) is 28.6 Å². The number of hydrogen-bond donors (Lipinski definition) is 0. The quantitative estimate of drug-likeness (QED) is 0.159. The second-order valence-corrected chi connectivity index (χ2v) is 6.63. The third kappa shape index (κ3) is 6.30. The van der Waals surface area contributed by atoms with Gasteiger partial charge in [-0.2, -0.15) is 41.7 Å². The van der Waals surface area contributed by atoms with Gasteiger partial charge in [-0.1, -0.05) is 24.3 Å². The van der Waals surface area contributed by atoms with Crippen LogP contribution in [-0.2, 0) is 17.1 Å². The summed E-state index contributed by atoms with van der Waals surface area (Å²) in [6, 6.07) is 27.8. The predicted octanol–water partition coefficient (Wildman–Crippen LogP) is 6.57. The molecule has 27 heavy (non-hydrogen) atoms. The van der Waals surface area contributed by atoms with Gasteiger partial charge in [0, 0.05) is 0 Å². The normalized spacial score (nSPS) is 10.1. The predicted molar refractivity (Wildman–Crippen MR) is 107 cm³/mol. The van der Waals surface area contributed by atoms with E-state index < -0.39 is 0 Å². The average molecular weight is 416 g/mol. The number of hydrogen-bond acceptors (Lipinski definition) is 2. The Morgan fingerprint density at radius 3 is 2.22 bits per heavy atom. The minimum Gasteiger partial charge on any atom is -0.288 e. The van der Waals surface area contributed by atoms with Crippen LogP contribution >= 0.6 is 11.3 Å². The fourth-order valence-electron chi connectivity index (χ4n) is 2.31. The van der Waals surface area contributed by atoms with Gasteiger partial charge >= 0.3 is 17.1 Å². The molecule has 3 aromatic carbocycles. The molecule has 0 saturated heterocycles. The Hall–Kier alpha value is -2.52. The van der Waals surface area contributed by atoms with Crippen molar-refractivity contribution in [1.82, 2.24) is 0 Å². The van der Waals surface area contributed by atoms with Crippen LogP contribution in [0.15, 0.2) is 97.1 Å². The average Bonchev–Trinajstić information content (AvgIpc) is 3.44. The Bertz CT molecular complexity index is 931. The van der Waals surface area contributed by atoms with E-state index in [0.29, 0.717) is 4.88 Å². The van der Waals surface area contributed by atoms with Crippen molar-refractivity contribution in [2.24, 2.45) is 0 Å². The Labute approximate surface area is 173 Å². The number of ketones is 1. The van der Waals surface area contributed by atoms with Gasteiger partial charge in [-0.15, -0.1) is 23.8 Å². The van der Waals surface area contributed by atoms with Gasteiger partial charge < -0.3 is 0 Å². The van der Waals surface area contributed by atoms with Crippen LogP contribution in [0.1, 0.15) is 15.2 Å². The topological polar surface area (TPSA) is 17.1 Å². The number of carbonyl (C=O) groups is 1. The molecule has 0 amide bonds. The molecular weight excluding hydrogens is 399 g/mol. The molecule has 4 aromatic rings. The first kappa shape index (κ1) is 20.8. The van der Waals surface area contributed by atoms with Crippen molar-refractivity contribution in [2.45, 2.75) is 0 Å². The molecule has 0 aliphatic rings. The van der Waals surface area contributed by atoms with E-state index in [9.17, 15) is 9.18 Å². The maximum absolute atomic E-state index is 12.8. The van der Waals surface area contributed by atoms with Crippen LogP contribution < -0.4 is 0 Å².